The maximum absolute atomic E-state index is 11.6. The van der Waals surface area contributed by atoms with Gasteiger partial charge in [0.25, 0.3) is 5.89 Å². The first-order valence-electron chi connectivity index (χ1n) is 6.86. The first kappa shape index (κ1) is 15.7. The standard InChI is InChI=1S/C14H19N3O3S/c1-4-19-13(18)9-17(10(2)3)8-12-15-14(20-16-12)11-6-5-7-21-11/h5-7,10H,4,8-9H2,1-3H3. The summed E-state index contributed by atoms with van der Waals surface area (Å²) < 4.78 is 10.2. The summed E-state index contributed by atoms with van der Waals surface area (Å²) >= 11 is 1.55. The van der Waals surface area contributed by atoms with Crippen LogP contribution in [0, 0.1) is 0 Å². The van der Waals surface area contributed by atoms with Gasteiger partial charge >= 0.3 is 5.97 Å². The molecule has 0 aromatic carbocycles. The minimum absolute atomic E-state index is 0.179. The van der Waals surface area contributed by atoms with Crippen molar-refractivity contribution in [2.75, 3.05) is 13.2 Å². The Morgan fingerprint density at radius 1 is 1.52 bits per heavy atom. The Morgan fingerprint density at radius 3 is 2.95 bits per heavy atom. The molecule has 0 aliphatic carbocycles. The average molecular weight is 309 g/mol. The van der Waals surface area contributed by atoms with Crippen molar-refractivity contribution in [3.8, 4) is 10.8 Å². The van der Waals surface area contributed by atoms with Crippen LogP contribution in [0.5, 0.6) is 0 Å². The highest BCUT2D eigenvalue weighted by molar-refractivity contribution is 7.13. The second-order valence-electron chi connectivity index (χ2n) is 4.80. The zero-order chi connectivity index (χ0) is 15.2. The van der Waals surface area contributed by atoms with Gasteiger partial charge in [-0.05, 0) is 32.2 Å². The molecule has 0 N–H and O–H groups in total. The summed E-state index contributed by atoms with van der Waals surface area (Å²) in [5, 5.41) is 5.93. The van der Waals surface area contributed by atoms with Gasteiger partial charge in [-0.1, -0.05) is 11.2 Å². The van der Waals surface area contributed by atoms with Crippen molar-refractivity contribution in [3.05, 3.63) is 23.3 Å². The van der Waals surface area contributed by atoms with Gasteiger partial charge in [0.2, 0.25) is 0 Å². The summed E-state index contributed by atoms with van der Waals surface area (Å²) in [4.78, 5) is 18.9. The molecule has 2 heterocycles. The SMILES string of the molecule is CCOC(=O)CN(Cc1noc(-c2cccs2)n1)C(C)C. The molecule has 7 heteroatoms. The van der Waals surface area contributed by atoms with Crippen molar-refractivity contribution in [2.45, 2.75) is 33.4 Å². The molecule has 114 valence electrons. The monoisotopic (exact) mass is 309 g/mol. The van der Waals surface area contributed by atoms with E-state index >= 15 is 0 Å². The van der Waals surface area contributed by atoms with E-state index in [-0.39, 0.29) is 18.6 Å². The third-order valence-electron chi connectivity index (χ3n) is 2.91. The lowest BCUT2D eigenvalue weighted by Gasteiger charge is -2.23. The van der Waals surface area contributed by atoms with Crippen molar-refractivity contribution in [2.24, 2.45) is 0 Å². The maximum atomic E-state index is 11.6. The molecule has 0 unspecified atom stereocenters. The van der Waals surface area contributed by atoms with Gasteiger partial charge in [-0.25, -0.2) is 0 Å². The van der Waals surface area contributed by atoms with Gasteiger partial charge < -0.3 is 9.26 Å². The lowest BCUT2D eigenvalue weighted by molar-refractivity contribution is -0.145. The molecule has 0 amide bonds. The molecule has 0 bridgehead atoms. The van der Waals surface area contributed by atoms with Crippen molar-refractivity contribution >= 4 is 17.3 Å². The third-order valence-corrected chi connectivity index (χ3v) is 3.77. The summed E-state index contributed by atoms with van der Waals surface area (Å²) in [6.45, 7) is 6.87. The minimum atomic E-state index is -0.242. The number of hydrogen-bond acceptors (Lipinski definition) is 7. The molecular formula is C14H19N3O3S. The Hall–Kier alpha value is -1.73. The fraction of sp³-hybridized carbons (Fsp3) is 0.500. The normalized spacial score (nSPS) is 11.3. The highest BCUT2D eigenvalue weighted by Gasteiger charge is 2.18. The highest BCUT2D eigenvalue weighted by Crippen LogP contribution is 2.22. The summed E-state index contributed by atoms with van der Waals surface area (Å²) in [6.07, 6.45) is 0. The van der Waals surface area contributed by atoms with Crippen LogP contribution in [0.1, 0.15) is 26.6 Å². The predicted molar refractivity (Wildman–Crippen MR) is 79.8 cm³/mol. The Labute approximate surface area is 127 Å². The Balaban J connectivity index is 2.02. The van der Waals surface area contributed by atoms with Gasteiger partial charge in [0, 0.05) is 6.04 Å². The van der Waals surface area contributed by atoms with E-state index in [4.69, 9.17) is 9.26 Å². The number of carbonyl (C=O) groups excluding carboxylic acids is 1. The Morgan fingerprint density at radius 2 is 2.33 bits per heavy atom. The molecule has 0 aliphatic rings. The molecule has 2 aromatic heterocycles. The van der Waals surface area contributed by atoms with Gasteiger partial charge in [-0.3, -0.25) is 9.69 Å². The average Bonchev–Trinajstić information content (AvgIpc) is 3.08. The molecule has 0 aliphatic heterocycles. The van der Waals surface area contributed by atoms with Crippen LogP contribution in [-0.4, -0.2) is 40.2 Å². The minimum Gasteiger partial charge on any atom is -0.465 e. The van der Waals surface area contributed by atoms with Crippen LogP contribution >= 0.6 is 11.3 Å². The van der Waals surface area contributed by atoms with Crippen LogP contribution < -0.4 is 0 Å². The van der Waals surface area contributed by atoms with Crippen LogP contribution in [0.2, 0.25) is 0 Å². The number of carbonyl (C=O) groups is 1. The number of nitrogens with zero attached hydrogens (tertiary/aromatic N) is 3. The van der Waals surface area contributed by atoms with Crippen LogP contribution in [0.25, 0.3) is 10.8 Å². The molecule has 6 nitrogen and oxygen atoms in total. The van der Waals surface area contributed by atoms with E-state index in [1.54, 1.807) is 18.3 Å². The van der Waals surface area contributed by atoms with Gasteiger partial charge in [-0.2, -0.15) is 4.98 Å². The summed E-state index contributed by atoms with van der Waals surface area (Å²) in [5.41, 5.74) is 0. The van der Waals surface area contributed by atoms with E-state index in [1.807, 2.05) is 36.3 Å². The van der Waals surface area contributed by atoms with Crippen LogP contribution in [0.15, 0.2) is 22.0 Å². The third kappa shape index (κ3) is 4.37. The molecule has 2 aromatic rings. The lowest BCUT2D eigenvalue weighted by Crippen LogP contribution is -2.36. The Kier molecular flexibility index (Phi) is 5.46. The van der Waals surface area contributed by atoms with Crippen molar-refractivity contribution < 1.29 is 14.1 Å². The van der Waals surface area contributed by atoms with Gasteiger partial charge in [0.1, 0.15) is 0 Å². The fourth-order valence-electron chi connectivity index (χ4n) is 1.79. The molecule has 0 saturated heterocycles. The molecule has 0 radical (unpaired) electrons. The summed E-state index contributed by atoms with van der Waals surface area (Å²) in [7, 11) is 0. The summed E-state index contributed by atoms with van der Waals surface area (Å²) in [6, 6.07) is 4.05. The second-order valence-corrected chi connectivity index (χ2v) is 5.74. The maximum Gasteiger partial charge on any atom is 0.320 e. The molecule has 0 atom stereocenters. The van der Waals surface area contributed by atoms with E-state index in [2.05, 4.69) is 10.1 Å². The summed E-state index contributed by atoms with van der Waals surface area (Å²) in [5.74, 6) is 0.837. The topological polar surface area (TPSA) is 68.5 Å². The lowest BCUT2D eigenvalue weighted by atomic mass is 10.3. The number of ether oxygens (including phenoxy) is 1. The van der Waals surface area contributed by atoms with Gasteiger partial charge in [0.15, 0.2) is 5.82 Å². The molecule has 21 heavy (non-hydrogen) atoms. The van der Waals surface area contributed by atoms with Gasteiger partial charge in [0.05, 0.1) is 24.6 Å². The van der Waals surface area contributed by atoms with E-state index in [0.717, 1.165) is 4.88 Å². The smallest absolute Gasteiger partial charge is 0.320 e. The van der Waals surface area contributed by atoms with E-state index in [0.29, 0.717) is 24.9 Å². The number of rotatable bonds is 7. The molecule has 2 rings (SSSR count). The van der Waals surface area contributed by atoms with E-state index < -0.39 is 0 Å². The molecule has 0 spiro atoms. The van der Waals surface area contributed by atoms with Crippen LogP contribution in [0.4, 0.5) is 0 Å². The first-order valence-corrected chi connectivity index (χ1v) is 7.74. The van der Waals surface area contributed by atoms with Crippen molar-refractivity contribution in [1.82, 2.24) is 15.0 Å². The number of aromatic nitrogens is 2. The quantitative estimate of drug-likeness (QED) is 0.732. The first-order chi connectivity index (χ1) is 10.1. The zero-order valence-electron chi connectivity index (χ0n) is 12.4. The van der Waals surface area contributed by atoms with Crippen molar-refractivity contribution in [3.63, 3.8) is 0 Å². The zero-order valence-corrected chi connectivity index (χ0v) is 13.2. The number of hydrogen-bond donors (Lipinski definition) is 0. The molecule has 0 saturated carbocycles. The number of esters is 1. The molecular weight excluding hydrogens is 290 g/mol. The Bertz CT molecular complexity index is 566. The van der Waals surface area contributed by atoms with Crippen LogP contribution in [-0.2, 0) is 16.1 Å². The highest BCUT2D eigenvalue weighted by atomic mass is 32.1. The van der Waals surface area contributed by atoms with Gasteiger partial charge in [-0.15, -0.1) is 11.3 Å². The fourth-order valence-corrected chi connectivity index (χ4v) is 2.44. The van der Waals surface area contributed by atoms with Crippen molar-refractivity contribution in [1.29, 1.82) is 0 Å². The largest absolute Gasteiger partial charge is 0.465 e. The molecule has 0 fully saturated rings. The van der Waals surface area contributed by atoms with E-state index in [1.165, 1.54) is 0 Å². The van der Waals surface area contributed by atoms with E-state index in [9.17, 15) is 4.79 Å². The second kappa shape index (κ2) is 7.33. The number of thiophene rings is 1. The van der Waals surface area contributed by atoms with Crippen LogP contribution in [0.3, 0.4) is 0 Å². The predicted octanol–water partition coefficient (Wildman–Crippen LogP) is 2.57.